The zero-order chi connectivity index (χ0) is 20.8. The number of benzene rings is 2. The van der Waals surface area contributed by atoms with Gasteiger partial charge in [-0.25, -0.2) is 0 Å². The summed E-state index contributed by atoms with van der Waals surface area (Å²) < 4.78 is 0.673. The summed E-state index contributed by atoms with van der Waals surface area (Å²) in [6.07, 6.45) is 3.06. The molecule has 1 aliphatic rings. The highest BCUT2D eigenvalue weighted by Crippen LogP contribution is 2.29. The normalized spacial score (nSPS) is 13.0. The molecule has 0 saturated heterocycles. The van der Waals surface area contributed by atoms with E-state index in [1.165, 1.54) is 28.7 Å². The highest BCUT2D eigenvalue weighted by Gasteiger charge is 2.22. The lowest BCUT2D eigenvalue weighted by Crippen LogP contribution is -2.36. The SMILES string of the molecule is O=C(CCc1ccccc1)Nc1nnc(SCC(=O)N2CCCc3ccccc32)s1. The van der Waals surface area contributed by atoms with Crippen molar-refractivity contribution >= 4 is 45.7 Å². The van der Waals surface area contributed by atoms with Crippen LogP contribution < -0.4 is 10.2 Å². The van der Waals surface area contributed by atoms with Crippen molar-refractivity contribution in [1.82, 2.24) is 10.2 Å². The zero-order valence-corrected chi connectivity index (χ0v) is 18.0. The maximum atomic E-state index is 12.7. The third kappa shape index (κ3) is 5.25. The average Bonchev–Trinajstić information content (AvgIpc) is 3.23. The number of nitrogens with one attached hydrogen (secondary N) is 1. The monoisotopic (exact) mass is 438 g/mol. The van der Waals surface area contributed by atoms with E-state index < -0.39 is 0 Å². The molecule has 8 heteroatoms. The van der Waals surface area contributed by atoms with Gasteiger partial charge in [0.2, 0.25) is 16.9 Å². The molecule has 0 saturated carbocycles. The van der Waals surface area contributed by atoms with E-state index in [4.69, 9.17) is 0 Å². The number of amides is 2. The van der Waals surface area contributed by atoms with Gasteiger partial charge in [-0.1, -0.05) is 71.6 Å². The van der Waals surface area contributed by atoms with E-state index in [0.717, 1.165) is 30.6 Å². The van der Waals surface area contributed by atoms with Crippen LogP contribution >= 0.6 is 23.1 Å². The van der Waals surface area contributed by atoms with Crippen molar-refractivity contribution in [3.05, 3.63) is 65.7 Å². The van der Waals surface area contributed by atoms with Crippen molar-refractivity contribution in [2.75, 3.05) is 22.5 Å². The number of aryl methyl sites for hydroxylation is 2. The highest BCUT2D eigenvalue weighted by atomic mass is 32.2. The lowest BCUT2D eigenvalue weighted by molar-refractivity contribution is -0.117. The van der Waals surface area contributed by atoms with Crippen LogP contribution in [0.15, 0.2) is 58.9 Å². The third-order valence-electron chi connectivity index (χ3n) is 4.87. The number of anilines is 2. The number of carbonyl (C=O) groups excluding carboxylic acids is 2. The average molecular weight is 439 g/mol. The first-order valence-electron chi connectivity index (χ1n) is 9.87. The van der Waals surface area contributed by atoms with Gasteiger partial charge in [-0.2, -0.15) is 0 Å². The largest absolute Gasteiger partial charge is 0.311 e. The summed E-state index contributed by atoms with van der Waals surface area (Å²) in [5.41, 5.74) is 3.36. The molecule has 0 fully saturated rings. The Hall–Kier alpha value is -2.71. The number of hydrogen-bond donors (Lipinski definition) is 1. The van der Waals surface area contributed by atoms with Crippen molar-refractivity contribution in [3.8, 4) is 0 Å². The molecule has 154 valence electrons. The number of rotatable bonds is 7. The van der Waals surface area contributed by atoms with E-state index in [9.17, 15) is 9.59 Å². The van der Waals surface area contributed by atoms with Crippen LogP contribution in [0.3, 0.4) is 0 Å². The molecule has 30 heavy (non-hydrogen) atoms. The minimum absolute atomic E-state index is 0.0656. The van der Waals surface area contributed by atoms with E-state index in [-0.39, 0.29) is 11.8 Å². The van der Waals surface area contributed by atoms with Crippen LogP contribution in [0.1, 0.15) is 24.0 Å². The minimum Gasteiger partial charge on any atom is -0.311 e. The summed E-state index contributed by atoms with van der Waals surface area (Å²) in [7, 11) is 0. The van der Waals surface area contributed by atoms with Crippen LogP contribution in [-0.2, 0) is 22.4 Å². The molecule has 2 heterocycles. The highest BCUT2D eigenvalue weighted by molar-refractivity contribution is 8.01. The van der Waals surface area contributed by atoms with Crippen LogP contribution in [0.2, 0.25) is 0 Å². The quantitative estimate of drug-likeness (QED) is 0.442. The van der Waals surface area contributed by atoms with Gasteiger partial charge >= 0.3 is 0 Å². The lowest BCUT2D eigenvalue weighted by Gasteiger charge is -2.29. The third-order valence-corrected chi connectivity index (χ3v) is 6.82. The second-order valence-corrected chi connectivity index (χ2v) is 9.17. The molecule has 0 spiro atoms. The smallest absolute Gasteiger partial charge is 0.237 e. The first-order valence-corrected chi connectivity index (χ1v) is 11.7. The summed E-state index contributed by atoms with van der Waals surface area (Å²) in [5, 5.41) is 11.4. The van der Waals surface area contributed by atoms with Gasteiger partial charge in [0, 0.05) is 18.7 Å². The van der Waals surface area contributed by atoms with Gasteiger partial charge < -0.3 is 10.2 Å². The maximum absolute atomic E-state index is 12.7. The van der Waals surface area contributed by atoms with E-state index in [0.29, 0.717) is 28.1 Å². The van der Waals surface area contributed by atoms with E-state index >= 15 is 0 Å². The topological polar surface area (TPSA) is 75.2 Å². The van der Waals surface area contributed by atoms with Crippen molar-refractivity contribution in [2.24, 2.45) is 0 Å². The Labute approximate surface area is 183 Å². The van der Waals surface area contributed by atoms with Crippen LogP contribution in [0.4, 0.5) is 10.8 Å². The maximum Gasteiger partial charge on any atom is 0.237 e. The molecular formula is C22H22N4O2S2. The lowest BCUT2D eigenvalue weighted by atomic mass is 10.0. The Bertz CT molecular complexity index is 1020. The predicted octanol–water partition coefficient (Wildman–Crippen LogP) is 4.18. The van der Waals surface area contributed by atoms with Gasteiger partial charge in [-0.3, -0.25) is 9.59 Å². The standard InChI is InChI=1S/C22H22N4O2S2/c27-19(13-12-16-7-2-1-3-8-16)23-21-24-25-22(30-21)29-15-20(28)26-14-6-10-17-9-4-5-11-18(17)26/h1-5,7-9,11H,6,10,12-15H2,(H,23,24,27). The molecule has 0 aliphatic carbocycles. The molecule has 4 rings (SSSR count). The Morgan fingerprint density at radius 1 is 1.07 bits per heavy atom. The van der Waals surface area contributed by atoms with Gasteiger partial charge in [0.05, 0.1) is 5.75 Å². The molecule has 1 N–H and O–H groups in total. The van der Waals surface area contributed by atoms with Crippen LogP contribution in [0.25, 0.3) is 0 Å². The number of thioether (sulfide) groups is 1. The molecule has 2 amide bonds. The van der Waals surface area contributed by atoms with E-state index in [2.05, 4.69) is 21.6 Å². The number of hydrogen-bond acceptors (Lipinski definition) is 6. The number of nitrogens with zero attached hydrogens (tertiary/aromatic N) is 3. The molecule has 1 aliphatic heterocycles. The number of carbonyl (C=O) groups is 2. The molecular weight excluding hydrogens is 416 g/mol. The summed E-state index contributed by atoms with van der Waals surface area (Å²) >= 11 is 2.65. The van der Waals surface area contributed by atoms with Gasteiger partial charge in [0.1, 0.15) is 0 Å². The summed E-state index contributed by atoms with van der Waals surface area (Å²) in [6, 6.07) is 18.0. The molecule has 0 unspecified atom stereocenters. The Morgan fingerprint density at radius 3 is 2.73 bits per heavy atom. The van der Waals surface area contributed by atoms with Crippen molar-refractivity contribution in [1.29, 1.82) is 0 Å². The number of fused-ring (bicyclic) bond motifs is 1. The molecule has 0 atom stereocenters. The van der Waals surface area contributed by atoms with Gasteiger partial charge in [0.25, 0.3) is 0 Å². The molecule has 3 aromatic rings. The molecule has 0 bridgehead atoms. The van der Waals surface area contributed by atoms with Crippen LogP contribution in [-0.4, -0.2) is 34.3 Å². The zero-order valence-electron chi connectivity index (χ0n) is 16.4. The second kappa shape index (κ2) is 9.86. The first-order chi connectivity index (χ1) is 14.7. The number of aromatic nitrogens is 2. The Kier molecular flexibility index (Phi) is 6.76. The van der Waals surface area contributed by atoms with Crippen molar-refractivity contribution in [2.45, 2.75) is 30.0 Å². The molecule has 6 nitrogen and oxygen atoms in total. The molecule has 2 aromatic carbocycles. The molecule has 1 aromatic heterocycles. The van der Waals surface area contributed by atoms with Gasteiger partial charge in [0.15, 0.2) is 4.34 Å². The van der Waals surface area contributed by atoms with E-state index in [1.54, 1.807) is 0 Å². The fourth-order valence-corrected chi connectivity index (χ4v) is 5.04. The molecule has 0 radical (unpaired) electrons. The summed E-state index contributed by atoms with van der Waals surface area (Å²) in [6.45, 7) is 0.745. The van der Waals surface area contributed by atoms with Gasteiger partial charge in [-0.15, -0.1) is 10.2 Å². The Balaban J connectivity index is 1.27. The fourth-order valence-electron chi connectivity index (χ4n) is 3.40. The van der Waals surface area contributed by atoms with Crippen molar-refractivity contribution < 1.29 is 9.59 Å². The minimum atomic E-state index is -0.0902. The summed E-state index contributed by atoms with van der Waals surface area (Å²) in [5.74, 6) is 0.272. The van der Waals surface area contributed by atoms with E-state index in [1.807, 2.05) is 53.4 Å². The first kappa shape index (κ1) is 20.6. The second-order valence-electron chi connectivity index (χ2n) is 6.97. The van der Waals surface area contributed by atoms with Gasteiger partial charge in [-0.05, 0) is 36.5 Å². The predicted molar refractivity (Wildman–Crippen MR) is 121 cm³/mol. The van der Waals surface area contributed by atoms with Crippen LogP contribution in [0, 0.1) is 0 Å². The summed E-state index contributed by atoms with van der Waals surface area (Å²) in [4.78, 5) is 26.7. The van der Waals surface area contributed by atoms with Crippen molar-refractivity contribution in [3.63, 3.8) is 0 Å². The Morgan fingerprint density at radius 2 is 1.87 bits per heavy atom. The number of para-hydroxylation sites is 1. The van der Waals surface area contributed by atoms with Crippen LogP contribution in [0.5, 0.6) is 0 Å². The fraction of sp³-hybridized carbons (Fsp3) is 0.273.